The van der Waals surface area contributed by atoms with Gasteiger partial charge in [0.15, 0.2) is 0 Å². The molecule has 2 aromatic rings. The molecule has 0 spiro atoms. The third kappa shape index (κ3) is 2.25. The molecule has 7 heteroatoms. The lowest BCUT2D eigenvalue weighted by molar-refractivity contribution is -0.142. The summed E-state index contributed by atoms with van der Waals surface area (Å²) in [5.41, 5.74) is -0.807. The third-order valence-electron chi connectivity index (χ3n) is 2.09. The van der Waals surface area contributed by atoms with Crippen molar-refractivity contribution in [3.05, 3.63) is 46.2 Å². The first-order valence-electron chi connectivity index (χ1n) is 4.47. The zero-order chi connectivity index (χ0) is 12.6. The second-order valence-electron chi connectivity index (χ2n) is 3.20. The smallest absolute Gasteiger partial charge is 0.227 e. The number of hydrogen-bond acceptors (Lipinski definition) is 1. The number of rotatable bonds is 1. The van der Waals surface area contributed by atoms with E-state index in [-0.39, 0.29) is 15.7 Å². The molecule has 1 aromatic heterocycles. The molecule has 1 heterocycles. The minimum absolute atomic E-state index is 0.0309. The van der Waals surface area contributed by atoms with E-state index in [1.54, 1.807) is 0 Å². The third-order valence-corrected chi connectivity index (χ3v) is 2.90. The Labute approximate surface area is 105 Å². The van der Waals surface area contributed by atoms with Crippen LogP contribution >= 0.6 is 23.2 Å². The number of nitrogens with zero attached hydrogens (tertiary/aromatic N) is 2. The molecule has 2 rings (SSSR count). The number of aromatic nitrogens is 2. The zero-order valence-electron chi connectivity index (χ0n) is 8.17. The van der Waals surface area contributed by atoms with Crippen molar-refractivity contribution in [2.24, 2.45) is 0 Å². The van der Waals surface area contributed by atoms with Gasteiger partial charge in [0.25, 0.3) is 0 Å². The van der Waals surface area contributed by atoms with Gasteiger partial charge in [0.2, 0.25) is 0 Å². The molecule has 0 saturated heterocycles. The average Bonchev–Trinajstić information content (AvgIpc) is 2.70. The van der Waals surface area contributed by atoms with E-state index in [0.29, 0.717) is 4.68 Å². The first-order chi connectivity index (χ1) is 7.91. The van der Waals surface area contributed by atoms with Crippen LogP contribution in [0.15, 0.2) is 30.5 Å². The molecule has 0 amide bonds. The topological polar surface area (TPSA) is 17.8 Å². The Morgan fingerprint density at radius 2 is 1.82 bits per heavy atom. The Morgan fingerprint density at radius 3 is 2.47 bits per heavy atom. The van der Waals surface area contributed by atoms with Crippen LogP contribution in [-0.2, 0) is 6.18 Å². The Bertz CT molecular complexity index is 549. The summed E-state index contributed by atoms with van der Waals surface area (Å²) in [6, 6.07) is 5.28. The van der Waals surface area contributed by atoms with E-state index in [1.807, 2.05) is 0 Å². The van der Waals surface area contributed by atoms with Crippen molar-refractivity contribution in [2.75, 3.05) is 0 Å². The van der Waals surface area contributed by atoms with Gasteiger partial charge in [-0.3, -0.25) is 0 Å². The van der Waals surface area contributed by atoms with E-state index in [9.17, 15) is 13.2 Å². The lowest BCUT2D eigenvalue weighted by atomic mass is 10.3. The number of benzene rings is 1. The van der Waals surface area contributed by atoms with Gasteiger partial charge in [-0.25, -0.2) is 4.68 Å². The second kappa shape index (κ2) is 4.23. The fraction of sp³-hybridized carbons (Fsp3) is 0.100. The van der Waals surface area contributed by atoms with E-state index in [2.05, 4.69) is 5.10 Å². The highest BCUT2D eigenvalue weighted by Gasteiger charge is 2.35. The molecule has 0 aliphatic carbocycles. The Kier molecular flexibility index (Phi) is 3.05. The second-order valence-corrected chi connectivity index (χ2v) is 3.98. The van der Waals surface area contributed by atoms with E-state index in [1.165, 1.54) is 18.2 Å². The van der Waals surface area contributed by atoms with Crippen molar-refractivity contribution < 1.29 is 13.2 Å². The van der Waals surface area contributed by atoms with Gasteiger partial charge in [-0.05, 0) is 18.2 Å². The zero-order valence-corrected chi connectivity index (χ0v) is 9.68. The Balaban J connectivity index is 2.62. The SMILES string of the molecule is FC(F)(F)c1ccnn1-c1cccc(Cl)c1Cl. The highest BCUT2D eigenvalue weighted by Crippen LogP contribution is 2.34. The molecule has 0 aliphatic rings. The summed E-state index contributed by atoms with van der Waals surface area (Å²) in [5, 5.41) is 3.81. The fourth-order valence-corrected chi connectivity index (χ4v) is 1.74. The molecule has 0 N–H and O–H groups in total. The summed E-state index contributed by atoms with van der Waals surface area (Å²) in [6.07, 6.45) is -3.44. The van der Waals surface area contributed by atoms with Crippen LogP contribution < -0.4 is 0 Å². The summed E-state index contributed by atoms with van der Waals surface area (Å²) in [6.45, 7) is 0. The summed E-state index contributed by atoms with van der Waals surface area (Å²) in [7, 11) is 0. The van der Waals surface area contributed by atoms with Crippen LogP contribution in [0.3, 0.4) is 0 Å². The minimum atomic E-state index is -4.50. The lowest BCUT2D eigenvalue weighted by Gasteiger charge is -2.11. The van der Waals surface area contributed by atoms with Gasteiger partial charge in [-0.1, -0.05) is 29.3 Å². The monoisotopic (exact) mass is 280 g/mol. The van der Waals surface area contributed by atoms with Crippen LogP contribution in [-0.4, -0.2) is 9.78 Å². The molecule has 0 unspecified atom stereocenters. The number of hydrogen-bond donors (Lipinski definition) is 0. The predicted octanol–water partition coefficient (Wildman–Crippen LogP) is 4.20. The molecular formula is C10H5Cl2F3N2. The van der Waals surface area contributed by atoms with Crippen molar-refractivity contribution in [3.8, 4) is 5.69 Å². The largest absolute Gasteiger partial charge is 0.433 e. The fourth-order valence-electron chi connectivity index (χ4n) is 1.37. The molecule has 17 heavy (non-hydrogen) atoms. The molecule has 2 nitrogen and oxygen atoms in total. The van der Waals surface area contributed by atoms with E-state index in [4.69, 9.17) is 23.2 Å². The first kappa shape index (κ1) is 12.3. The van der Waals surface area contributed by atoms with Crippen LogP contribution in [0, 0.1) is 0 Å². The van der Waals surface area contributed by atoms with Crippen molar-refractivity contribution in [3.63, 3.8) is 0 Å². The number of alkyl halides is 3. The summed E-state index contributed by atoms with van der Waals surface area (Å²) in [4.78, 5) is 0. The molecule has 0 radical (unpaired) electrons. The van der Waals surface area contributed by atoms with Crippen molar-refractivity contribution in [1.82, 2.24) is 9.78 Å². The molecule has 1 aromatic carbocycles. The highest BCUT2D eigenvalue weighted by molar-refractivity contribution is 6.43. The minimum Gasteiger partial charge on any atom is -0.227 e. The van der Waals surface area contributed by atoms with Gasteiger partial charge in [0.1, 0.15) is 5.69 Å². The molecule has 90 valence electrons. The predicted molar refractivity (Wildman–Crippen MR) is 58.6 cm³/mol. The molecular weight excluding hydrogens is 276 g/mol. The van der Waals surface area contributed by atoms with E-state index < -0.39 is 11.9 Å². The number of halogens is 5. The van der Waals surface area contributed by atoms with E-state index >= 15 is 0 Å². The van der Waals surface area contributed by atoms with Gasteiger partial charge >= 0.3 is 6.18 Å². The molecule has 0 atom stereocenters. The molecule has 0 fully saturated rings. The summed E-state index contributed by atoms with van der Waals surface area (Å²) >= 11 is 11.6. The van der Waals surface area contributed by atoms with Crippen molar-refractivity contribution >= 4 is 23.2 Å². The van der Waals surface area contributed by atoms with Gasteiger partial charge in [-0.2, -0.15) is 18.3 Å². The van der Waals surface area contributed by atoms with Crippen LogP contribution in [0.4, 0.5) is 13.2 Å². The maximum Gasteiger partial charge on any atom is 0.433 e. The van der Waals surface area contributed by atoms with Crippen molar-refractivity contribution in [1.29, 1.82) is 0 Å². The Morgan fingerprint density at radius 1 is 1.12 bits per heavy atom. The molecule has 0 aliphatic heterocycles. The Hall–Kier alpha value is -1.20. The first-order valence-corrected chi connectivity index (χ1v) is 5.22. The van der Waals surface area contributed by atoms with Crippen molar-refractivity contribution in [2.45, 2.75) is 6.18 Å². The normalized spacial score (nSPS) is 11.8. The standard InChI is InChI=1S/C10H5Cl2F3N2/c11-6-2-1-3-7(9(6)12)17-8(4-5-16-17)10(13,14)15/h1-5H. The maximum atomic E-state index is 12.7. The summed E-state index contributed by atoms with van der Waals surface area (Å²) < 4.78 is 38.7. The van der Waals surface area contributed by atoms with Crippen LogP contribution in [0.1, 0.15) is 5.69 Å². The van der Waals surface area contributed by atoms with Gasteiger partial charge in [-0.15, -0.1) is 0 Å². The van der Waals surface area contributed by atoms with Crippen LogP contribution in [0.25, 0.3) is 5.69 Å². The highest BCUT2D eigenvalue weighted by atomic mass is 35.5. The van der Waals surface area contributed by atoms with Crippen LogP contribution in [0.5, 0.6) is 0 Å². The summed E-state index contributed by atoms with van der Waals surface area (Å²) in [5.74, 6) is 0. The quantitative estimate of drug-likeness (QED) is 0.766. The maximum absolute atomic E-state index is 12.7. The molecule has 0 saturated carbocycles. The van der Waals surface area contributed by atoms with E-state index in [0.717, 1.165) is 12.3 Å². The van der Waals surface area contributed by atoms with Gasteiger partial charge in [0, 0.05) is 0 Å². The lowest BCUT2D eigenvalue weighted by Crippen LogP contribution is -2.13. The van der Waals surface area contributed by atoms with Gasteiger partial charge in [0.05, 0.1) is 21.9 Å². The molecule has 0 bridgehead atoms. The average molecular weight is 281 g/mol. The van der Waals surface area contributed by atoms with Crippen LogP contribution in [0.2, 0.25) is 10.0 Å². The van der Waals surface area contributed by atoms with Gasteiger partial charge < -0.3 is 0 Å².